The van der Waals surface area contributed by atoms with Crippen LogP contribution in [0.4, 0.5) is 0 Å². The van der Waals surface area contributed by atoms with Gasteiger partial charge in [0.1, 0.15) is 0 Å². The van der Waals surface area contributed by atoms with E-state index in [-0.39, 0.29) is 12.3 Å². The SMILES string of the molecule is CCC(CC)CNS(=O)(=O)CCN. The number of sulfonamides is 1. The molecule has 0 aliphatic rings. The molecule has 0 radical (unpaired) electrons. The third-order valence-corrected chi connectivity index (χ3v) is 3.51. The van der Waals surface area contributed by atoms with E-state index in [0.717, 1.165) is 12.8 Å². The largest absolute Gasteiger partial charge is 0.329 e. The van der Waals surface area contributed by atoms with E-state index in [9.17, 15) is 8.42 Å². The van der Waals surface area contributed by atoms with Crippen LogP contribution in [0.2, 0.25) is 0 Å². The minimum Gasteiger partial charge on any atom is -0.329 e. The maximum Gasteiger partial charge on any atom is 0.212 e. The lowest BCUT2D eigenvalue weighted by Gasteiger charge is -2.12. The molecule has 0 atom stereocenters. The van der Waals surface area contributed by atoms with Crippen LogP contribution in [-0.4, -0.2) is 27.3 Å². The molecule has 80 valence electrons. The van der Waals surface area contributed by atoms with E-state index in [1.165, 1.54) is 0 Å². The van der Waals surface area contributed by atoms with Crippen molar-refractivity contribution >= 4 is 10.0 Å². The third-order valence-electron chi connectivity index (χ3n) is 2.13. The summed E-state index contributed by atoms with van der Waals surface area (Å²) in [6.45, 7) is 4.84. The van der Waals surface area contributed by atoms with Gasteiger partial charge < -0.3 is 5.73 Å². The molecule has 0 aliphatic carbocycles. The van der Waals surface area contributed by atoms with Gasteiger partial charge in [-0.2, -0.15) is 0 Å². The summed E-state index contributed by atoms with van der Waals surface area (Å²) in [5, 5.41) is 0. The van der Waals surface area contributed by atoms with Crippen molar-refractivity contribution in [1.29, 1.82) is 0 Å². The topological polar surface area (TPSA) is 72.2 Å². The van der Waals surface area contributed by atoms with Crippen LogP contribution >= 0.6 is 0 Å². The molecule has 0 aromatic carbocycles. The molecule has 0 aliphatic heterocycles. The Morgan fingerprint density at radius 2 is 1.85 bits per heavy atom. The fourth-order valence-electron chi connectivity index (χ4n) is 1.05. The van der Waals surface area contributed by atoms with Crippen LogP contribution in [0, 0.1) is 5.92 Å². The van der Waals surface area contributed by atoms with Gasteiger partial charge in [0, 0.05) is 13.1 Å². The molecule has 3 N–H and O–H groups in total. The predicted octanol–water partition coefficient (Wildman–Crippen LogP) is 0.301. The average Bonchev–Trinajstić information content (AvgIpc) is 2.06. The lowest BCUT2D eigenvalue weighted by molar-refractivity contribution is 0.479. The van der Waals surface area contributed by atoms with E-state index in [1.807, 2.05) is 0 Å². The highest BCUT2D eigenvalue weighted by Crippen LogP contribution is 2.05. The van der Waals surface area contributed by atoms with E-state index in [0.29, 0.717) is 12.5 Å². The molecule has 0 saturated carbocycles. The molecule has 0 fully saturated rings. The van der Waals surface area contributed by atoms with Gasteiger partial charge in [-0.25, -0.2) is 13.1 Å². The van der Waals surface area contributed by atoms with E-state index >= 15 is 0 Å². The van der Waals surface area contributed by atoms with Crippen LogP contribution in [0.25, 0.3) is 0 Å². The zero-order chi connectivity index (χ0) is 10.3. The van der Waals surface area contributed by atoms with Crippen molar-refractivity contribution in [2.45, 2.75) is 26.7 Å². The zero-order valence-electron chi connectivity index (χ0n) is 8.41. The Hall–Kier alpha value is -0.130. The van der Waals surface area contributed by atoms with Gasteiger partial charge in [-0.3, -0.25) is 0 Å². The summed E-state index contributed by atoms with van der Waals surface area (Å²) in [7, 11) is -3.12. The zero-order valence-corrected chi connectivity index (χ0v) is 9.23. The molecule has 0 amide bonds. The fourth-order valence-corrected chi connectivity index (χ4v) is 1.99. The van der Waals surface area contributed by atoms with Crippen molar-refractivity contribution in [3.8, 4) is 0 Å². The van der Waals surface area contributed by atoms with E-state index < -0.39 is 10.0 Å². The maximum absolute atomic E-state index is 11.2. The van der Waals surface area contributed by atoms with Crippen molar-refractivity contribution in [3.05, 3.63) is 0 Å². The number of hydrogen-bond donors (Lipinski definition) is 2. The quantitative estimate of drug-likeness (QED) is 0.632. The van der Waals surface area contributed by atoms with Crippen molar-refractivity contribution in [1.82, 2.24) is 4.72 Å². The number of rotatable bonds is 7. The fraction of sp³-hybridized carbons (Fsp3) is 1.00. The minimum atomic E-state index is -3.12. The Balaban J connectivity index is 3.86. The molecule has 0 rings (SSSR count). The van der Waals surface area contributed by atoms with Crippen LogP contribution < -0.4 is 10.5 Å². The first-order valence-electron chi connectivity index (χ1n) is 4.73. The number of nitrogens with one attached hydrogen (secondary N) is 1. The second-order valence-corrected chi connectivity index (χ2v) is 5.06. The van der Waals surface area contributed by atoms with Crippen LogP contribution in [0.15, 0.2) is 0 Å². The second-order valence-electron chi connectivity index (χ2n) is 3.14. The van der Waals surface area contributed by atoms with Gasteiger partial charge in [0.25, 0.3) is 0 Å². The van der Waals surface area contributed by atoms with Gasteiger partial charge in [-0.05, 0) is 5.92 Å². The molecule has 13 heavy (non-hydrogen) atoms. The Morgan fingerprint density at radius 1 is 1.31 bits per heavy atom. The molecule has 0 bridgehead atoms. The van der Waals surface area contributed by atoms with Crippen LogP contribution in [0.5, 0.6) is 0 Å². The Morgan fingerprint density at radius 3 is 2.23 bits per heavy atom. The normalized spacial score (nSPS) is 12.3. The first kappa shape index (κ1) is 12.9. The summed E-state index contributed by atoms with van der Waals surface area (Å²) < 4.78 is 24.9. The minimum absolute atomic E-state index is 0.0210. The average molecular weight is 208 g/mol. The van der Waals surface area contributed by atoms with Crippen molar-refractivity contribution in [2.75, 3.05) is 18.8 Å². The molecule has 0 aromatic rings. The first-order chi connectivity index (χ1) is 6.05. The van der Waals surface area contributed by atoms with Gasteiger partial charge in [0.15, 0.2) is 0 Å². The summed E-state index contributed by atoms with van der Waals surface area (Å²) in [6, 6.07) is 0. The van der Waals surface area contributed by atoms with Crippen molar-refractivity contribution in [3.63, 3.8) is 0 Å². The van der Waals surface area contributed by atoms with E-state index in [1.54, 1.807) is 0 Å². The van der Waals surface area contributed by atoms with Crippen LogP contribution in [-0.2, 0) is 10.0 Å². The Labute approximate surface area is 80.9 Å². The summed E-state index contributed by atoms with van der Waals surface area (Å²) in [6.07, 6.45) is 2.00. The highest BCUT2D eigenvalue weighted by Gasteiger charge is 2.10. The predicted molar refractivity (Wildman–Crippen MR) is 54.9 cm³/mol. The molecular formula is C8H20N2O2S. The summed E-state index contributed by atoms with van der Waals surface area (Å²) in [5.74, 6) is 0.459. The molecule has 0 aromatic heterocycles. The van der Waals surface area contributed by atoms with Crippen molar-refractivity contribution in [2.24, 2.45) is 11.7 Å². The standard InChI is InChI=1S/C8H20N2O2S/c1-3-8(4-2)7-10-13(11,12)6-5-9/h8,10H,3-7,9H2,1-2H3. The first-order valence-corrected chi connectivity index (χ1v) is 6.38. The van der Waals surface area contributed by atoms with Gasteiger partial charge in [-0.15, -0.1) is 0 Å². The van der Waals surface area contributed by atoms with Gasteiger partial charge in [0.05, 0.1) is 5.75 Å². The highest BCUT2D eigenvalue weighted by atomic mass is 32.2. The second kappa shape index (κ2) is 6.34. The molecule has 0 unspecified atom stereocenters. The molecule has 0 spiro atoms. The van der Waals surface area contributed by atoms with Gasteiger partial charge >= 0.3 is 0 Å². The Bertz CT molecular complexity index is 210. The summed E-state index contributed by atoms with van der Waals surface area (Å²) in [4.78, 5) is 0. The lowest BCUT2D eigenvalue weighted by atomic mass is 10.0. The summed E-state index contributed by atoms with van der Waals surface area (Å²) >= 11 is 0. The van der Waals surface area contributed by atoms with Crippen LogP contribution in [0.1, 0.15) is 26.7 Å². The monoisotopic (exact) mass is 208 g/mol. The highest BCUT2D eigenvalue weighted by molar-refractivity contribution is 7.89. The number of nitrogens with two attached hydrogens (primary N) is 1. The van der Waals surface area contributed by atoms with Crippen molar-refractivity contribution < 1.29 is 8.42 Å². The molecular weight excluding hydrogens is 188 g/mol. The molecule has 0 saturated heterocycles. The van der Waals surface area contributed by atoms with Crippen LogP contribution in [0.3, 0.4) is 0 Å². The maximum atomic E-state index is 11.2. The van der Waals surface area contributed by atoms with Gasteiger partial charge in [0.2, 0.25) is 10.0 Å². The van der Waals surface area contributed by atoms with E-state index in [2.05, 4.69) is 18.6 Å². The molecule has 4 nitrogen and oxygen atoms in total. The van der Waals surface area contributed by atoms with Gasteiger partial charge in [-0.1, -0.05) is 26.7 Å². The number of hydrogen-bond acceptors (Lipinski definition) is 3. The molecule has 5 heteroatoms. The third kappa shape index (κ3) is 6.01. The smallest absolute Gasteiger partial charge is 0.212 e. The lowest BCUT2D eigenvalue weighted by Crippen LogP contribution is -2.33. The van der Waals surface area contributed by atoms with E-state index in [4.69, 9.17) is 5.73 Å². The Kier molecular flexibility index (Phi) is 6.28. The molecule has 0 heterocycles. The summed E-state index contributed by atoms with van der Waals surface area (Å²) in [5.41, 5.74) is 5.17.